The van der Waals surface area contributed by atoms with Gasteiger partial charge in [0.05, 0.1) is 16.6 Å². The van der Waals surface area contributed by atoms with Gasteiger partial charge >= 0.3 is 6.18 Å². The molecule has 0 bridgehead atoms. The van der Waals surface area contributed by atoms with Crippen molar-refractivity contribution in [2.45, 2.75) is 16.2 Å². The lowest BCUT2D eigenvalue weighted by Gasteiger charge is -2.06. The van der Waals surface area contributed by atoms with Gasteiger partial charge in [0.25, 0.3) is 5.69 Å². The second kappa shape index (κ2) is 5.86. The summed E-state index contributed by atoms with van der Waals surface area (Å²) in [5.74, 6) is 0. The second-order valence-electron chi connectivity index (χ2n) is 3.73. The minimum absolute atomic E-state index is 0.0846. The fraction of sp³-hybridized carbons (Fsp3) is 0.0909. The zero-order valence-electron chi connectivity index (χ0n) is 9.96. The highest BCUT2D eigenvalue weighted by molar-refractivity contribution is 7.99. The van der Waals surface area contributed by atoms with Crippen molar-refractivity contribution in [1.29, 1.82) is 0 Å². The third-order valence-corrected chi connectivity index (χ3v) is 3.30. The van der Waals surface area contributed by atoms with E-state index >= 15 is 0 Å². The maximum atomic E-state index is 12.4. The third-order valence-electron chi connectivity index (χ3n) is 2.24. The molecule has 0 aromatic carbocycles. The van der Waals surface area contributed by atoms with E-state index in [0.717, 1.165) is 36.0 Å². The molecule has 21 heavy (non-hydrogen) atoms. The zero-order valence-corrected chi connectivity index (χ0v) is 11.5. The van der Waals surface area contributed by atoms with E-state index in [9.17, 15) is 23.3 Å². The largest absolute Gasteiger partial charge is 0.417 e. The van der Waals surface area contributed by atoms with E-state index in [-0.39, 0.29) is 20.9 Å². The van der Waals surface area contributed by atoms with Gasteiger partial charge in [-0.2, -0.15) is 13.2 Å². The summed E-state index contributed by atoms with van der Waals surface area (Å²) in [4.78, 5) is 17.5. The van der Waals surface area contributed by atoms with Crippen molar-refractivity contribution in [1.82, 2.24) is 9.97 Å². The number of halogens is 4. The Morgan fingerprint density at radius 3 is 2.48 bits per heavy atom. The molecule has 0 saturated carbocycles. The lowest BCUT2D eigenvalue weighted by atomic mass is 10.3. The summed E-state index contributed by atoms with van der Waals surface area (Å²) in [6.45, 7) is 0. The lowest BCUT2D eigenvalue weighted by molar-refractivity contribution is -0.385. The van der Waals surface area contributed by atoms with E-state index in [1.165, 1.54) is 0 Å². The van der Waals surface area contributed by atoms with Crippen molar-refractivity contribution in [3.05, 3.63) is 51.3 Å². The van der Waals surface area contributed by atoms with E-state index < -0.39 is 16.7 Å². The molecule has 0 aliphatic carbocycles. The molecule has 5 nitrogen and oxygen atoms in total. The Labute approximate surface area is 125 Å². The van der Waals surface area contributed by atoms with E-state index in [1.807, 2.05) is 0 Å². The van der Waals surface area contributed by atoms with Crippen LogP contribution in [0.2, 0.25) is 5.15 Å². The van der Waals surface area contributed by atoms with Gasteiger partial charge in [-0.1, -0.05) is 11.6 Å². The minimum atomic E-state index is -4.47. The van der Waals surface area contributed by atoms with Gasteiger partial charge in [0, 0.05) is 12.3 Å². The van der Waals surface area contributed by atoms with Crippen LogP contribution in [0.15, 0.2) is 40.5 Å². The van der Waals surface area contributed by atoms with Crippen LogP contribution in [0.3, 0.4) is 0 Å². The Balaban J connectivity index is 2.24. The molecule has 2 heterocycles. The van der Waals surface area contributed by atoms with Gasteiger partial charge in [0.2, 0.25) is 0 Å². The SMILES string of the molecule is O=[N+]([O-])c1cc(Cl)nc(Sc2ccc(C(F)(F)F)cn2)c1. The van der Waals surface area contributed by atoms with Crippen LogP contribution in [0.25, 0.3) is 0 Å². The molecule has 0 N–H and O–H groups in total. The number of alkyl halides is 3. The van der Waals surface area contributed by atoms with Gasteiger partial charge in [-0.15, -0.1) is 0 Å². The molecule has 2 aromatic rings. The fourth-order valence-electron chi connectivity index (χ4n) is 1.33. The summed E-state index contributed by atoms with van der Waals surface area (Å²) < 4.78 is 37.2. The molecule has 2 aromatic heterocycles. The molecular formula is C11H5ClF3N3O2S. The van der Waals surface area contributed by atoms with Gasteiger partial charge in [-0.3, -0.25) is 10.1 Å². The Hall–Kier alpha value is -1.87. The van der Waals surface area contributed by atoms with Crippen LogP contribution in [-0.4, -0.2) is 14.9 Å². The van der Waals surface area contributed by atoms with Crippen molar-refractivity contribution in [2.75, 3.05) is 0 Å². The quantitative estimate of drug-likeness (QED) is 0.477. The van der Waals surface area contributed by atoms with E-state index in [2.05, 4.69) is 9.97 Å². The first kappa shape index (κ1) is 15.5. The van der Waals surface area contributed by atoms with Crippen LogP contribution in [-0.2, 0) is 6.18 Å². The Morgan fingerprint density at radius 1 is 1.24 bits per heavy atom. The molecule has 0 fully saturated rings. The van der Waals surface area contributed by atoms with Crippen molar-refractivity contribution in [3.8, 4) is 0 Å². The molecule has 0 aliphatic rings. The lowest BCUT2D eigenvalue weighted by Crippen LogP contribution is -2.05. The van der Waals surface area contributed by atoms with Crippen LogP contribution in [0.1, 0.15) is 5.56 Å². The molecule has 110 valence electrons. The van der Waals surface area contributed by atoms with Crippen molar-refractivity contribution < 1.29 is 18.1 Å². The van der Waals surface area contributed by atoms with Crippen molar-refractivity contribution in [3.63, 3.8) is 0 Å². The Morgan fingerprint density at radius 2 is 1.95 bits per heavy atom. The van der Waals surface area contributed by atoms with E-state index in [4.69, 9.17) is 11.6 Å². The Kier molecular flexibility index (Phi) is 4.33. The highest BCUT2D eigenvalue weighted by atomic mass is 35.5. The topological polar surface area (TPSA) is 68.9 Å². The summed E-state index contributed by atoms with van der Waals surface area (Å²) in [6, 6.07) is 4.26. The molecule has 0 aliphatic heterocycles. The van der Waals surface area contributed by atoms with E-state index in [0.29, 0.717) is 6.20 Å². The van der Waals surface area contributed by atoms with Gasteiger partial charge in [0.1, 0.15) is 15.2 Å². The molecule has 0 unspecified atom stereocenters. The van der Waals surface area contributed by atoms with E-state index in [1.54, 1.807) is 0 Å². The number of nitro groups is 1. The first-order valence-corrected chi connectivity index (χ1v) is 6.48. The third kappa shape index (κ3) is 4.05. The van der Waals surface area contributed by atoms with Crippen LogP contribution in [0.4, 0.5) is 18.9 Å². The van der Waals surface area contributed by atoms with Crippen LogP contribution in [0.5, 0.6) is 0 Å². The smallest absolute Gasteiger partial charge is 0.258 e. The molecule has 0 radical (unpaired) electrons. The summed E-state index contributed by atoms with van der Waals surface area (Å²) in [5, 5.41) is 11.0. The summed E-state index contributed by atoms with van der Waals surface area (Å²) in [7, 11) is 0. The average Bonchev–Trinajstić information content (AvgIpc) is 2.37. The molecule has 2 rings (SSSR count). The van der Waals surface area contributed by atoms with Crippen LogP contribution < -0.4 is 0 Å². The van der Waals surface area contributed by atoms with Gasteiger partial charge in [-0.25, -0.2) is 9.97 Å². The zero-order chi connectivity index (χ0) is 15.6. The molecule has 0 amide bonds. The highest BCUT2D eigenvalue weighted by Crippen LogP contribution is 2.32. The standard InChI is InChI=1S/C11H5ClF3N3O2S/c12-8-3-7(18(19)20)4-10(17-8)21-9-2-1-6(5-16-9)11(13,14)15/h1-5H. The molecule has 0 saturated heterocycles. The first-order chi connectivity index (χ1) is 9.75. The molecule has 10 heteroatoms. The average molecular weight is 336 g/mol. The molecule has 0 spiro atoms. The first-order valence-electron chi connectivity index (χ1n) is 5.29. The number of pyridine rings is 2. The number of hydrogen-bond donors (Lipinski definition) is 0. The monoisotopic (exact) mass is 335 g/mol. The normalized spacial score (nSPS) is 11.4. The second-order valence-corrected chi connectivity index (χ2v) is 5.16. The van der Waals surface area contributed by atoms with Crippen molar-refractivity contribution >= 4 is 29.1 Å². The summed E-state index contributed by atoms with van der Waals surface area (Å²) >= 11 is 6.52. The van der Waals surface area contributed by atoms with Crippen LogP contribution in [0, 0.1) is 10.1 Å². The predicted molar refractivity (Wildman–Crippen MR) is 69.3 cm³/mol. The maximum Gasteiger partial charge on any atom is 0.417 e. The fourth-order valence-corrected chi connectivity index (χ4v) is 2.37. The number of aromatic nitrogens is 2. The van der Waals surface area contributed by atoms with Gasteiger partial charge in [-0.05, 0) is 23.9 Å². The predicted octanol–water partition coefficient (Wildman–Crippen LogP) is 4.21. The van der Waals surface area contributed by atoms with Crippen molar-refractivity contribution in [2.24, 2.45) is 0 Å². The number of nitrogens with zero attached hydrogens (tertiary/aromatic N) is 3. The minimum Gasteiger partial charge on any atom is -0.258 e. The molecule has 0 atom stereocenters. The Bertz CT molecular complexity index is 679. The number of hydrogen-bond acceptors (Lipinski definition) is 5. The maximum absolute atomic E-state index is 12.4. The summed E-state index contributed by atoms with van der Waals surface area (Å²) in [6.07, 6.45) is -3.79. The molecular weight excluding hydrogens is 331 g/mol. The summed E-state index contributed by atoms with van der Waals surface area (Å²) in [5.41, 5.74) is -1.14. The number of rotatable bonds is 3. The van der Waals surface area contributed by atoms with Gasteiger partial charge < -0.3 is 0 Å². The van der Waals surface area contributed by atoms with Crippen LogP contribution >= 0.6 is 23.4 Å². The van der Waals surface area contributed by atoms with Gasteiger partial charge in [0.15, 0.2) is 0 Å². The highest BCUT2D eigenvalue weighted by Gasteiger charge is 2.30.